The van der Waals surface area contributed by atoms with Gasteiger partial charge in [0.1, 0.15) is 0 Å². The summed E-state index contributed by atoms with van der Waals surface area (Å²) in [4.78, 5) is 9.43. The minimum absolute atomic E-state index is 0.463. The molecule has 2 aromatic heterocycles. The maximum atomic E-state index is 8.60. The van der Waals surface area contributed by atoms with Crippen LogP contribution in [0.1, 0.15) is 49.8 Å². The topological polar surface area (TPSA) is 67.4 Å². The van der Waals surface area contributed by atoms with Gasteiger partial charge in [-0.15, -0.1) is 0 Å². The molecule has 27 heavy (non-hydrogen) atoms. The Balaban J connectivity index is 1.41. The van der Waals surface area contributed by atoms with Crippen LogP contribution < -0.4 is 0 Å². The smallest absolute Gasteiger partial charge is 0.0927 e. The van der Waals surface area contributed by atoms with Gasteiger partial charge in [-0.2, -0.15) is 10.4 Å². The van der Waals surface area contributed by atoms with Gasteiger partial charge in [0.15, 0.2) is 0 Å². The molecule has 5 rings (SSSR count). The Bertz CT molecular complexity index is 1050. The second-order valence-electron chi connectivity index (χ2n) is 7.68. The van der Waals surface area contributed by atoms with Crippen molar-refractivity contribution in [3.63, 3.8) is 0 Å². The van der Waals surface area contributed by atoms with Gasteiger partial charge in [-0.3, -0.25) is 9.67 Å². The molecule has 0 atom stereocenters. The number of para-hydroxylation sites is 2. The Morgan fingerprint density at radius 3 is 2.78 bits per heavy atom. The van der Waals surface area contributed by atoms with E-state index < -0.39 is 0 Å². The number of aromatic nitrogens is 4. The second-order valence-corrected chi connectivity index (χ2v) is 7.68. The maximum Gasteiger partial charge on any atom is 0.0927 e. The van der Waals surface area contributed by atoms with Crippen molar-refractivity contribution >= 4 is 11.0 Å². The summed E-state index contributed by atoms with van der Waals surface area (Å²) in [7, 11) is 0. The molecule has 0 amide bonds. The van der Waals surface area contributed by atoms with Crippen LogP contribution >= 0.6 is 0 Å². The van der Waals surface area contributed by atoms with Crippen LogP contribution in [0.5, 0.6) is 0 Å². The standard InChI is InChI=1S/C22H21N5/c23-10-4-3-5-15-11-17(12-15)27-14-18(22(26-27)16-8-9-16)21-13-24-19-6-1-2-7-20(19)25-21/h1-4,6-7,13-17H,5,8-9,11-12H2. The summed E-state index contributed by atoms with van der Waals surface area (Å²) >= 11 is 0. The first-order valence-corrected chi connectivity index (χ1v) is 9.67. The minimum Gasteiger partial charge on any atom is -0.269 e. The van der Waals surface area contributed by atoms with Gasteiger partial charge >= 0.3 is 0 Å². The van der Waals surface area contributed by atoms with E-state index in [9.17, 15) is 0 Å². The van der Waals surface area contributed by atoms with E-state index in [-0.39, 0.29) is 0 Å². The third-order valence-electron chi connectivity index (χ3n) is 5.70. The lowest BCUT2D eigenvalue weighted by atomic mass is 9.78. The zero-order valence-electron chi connectivity index (χ0n) is 15.1. The minimum atomic E-state index is 0.463. The third kappa shape index (κ3) is 3.12. The van der Waals surface area contributed by atoms with Crippen molar-refractivity contribution in [2.75, 3.05) is 0 Å². The number of nitrogens with zero attached hydrogens (tertiary/aromatic N) is 5. The van der Waals surface area contributed by atoms with Gasteiger partial charge < -0.3 is 0 Å². The summed E-state index contributed by atoms with van der Waals surface area (Å²) in [6.07, 6.45) is 13.3. The van der Waals surface area contributed by atoms with E-state index >= 15 is 0 Å². The van der Waals surface area contributed by atoms with Crippen molar-refractivity contribution in [2.24, 2.45) is 5.92 Å². The van der Waals surface area contributed by atoms with E-state index in [0.29, 0.717) is 17.9 Å². The highest BCUT2D eigenvalue weighted by molar-refractivity contribution is 5.77. The highest BCUT2D eigenvalue weighted by Crippen LogP contribution is 2.46. The van der Waals surface area contributed by atoms with Crippen molar-refractivity contribution < 1.29 is 0 Å². The summed E-state index contributed by atoms with van der Waals surface area (Å²) in [5.74, 6) is 1.24. The zero-order chi connectivity index (χ0) is 18.2. The monoisotopic (exact) mass is 355 g/mol. The zero-order valence-corrected chi connectivity index (χ0v) is 15.1. The molecule has 0 unspecified atom stereocenters. The first kappa shape index (κ1) is 16.2. The van der Waals surface area contributed by atoms with Crippen LogP contribution in [0.3, 0.4) is 0 Å². The molecule has 0 bridgehead atoms. The van der Waals surface area contributed by atoms with Gasteiger partial charge in [-0.05, 0) is 50.2 Å². The molecule has 5 heteroatoms. The quantitative estimate of drug-likeness (QED) is 0.617. The highest BCUT2D eigenvalue weighted by Gasteiger charge is 2.34. The van der Waals surface area contributed by atoms with Gasteiger partial charge in [0.05, 0.1) is 40.7 Å². The van der Waals surface area contributed by atoms with Crippen LogP contribution in [0.25, 0.3) is 22.3 Å². The van der Waals surface area contributed by atoms with Crippen molar-refractivity contribution in [1.82, 2.24) is 19.7 Å². The number of hydrogen-bond acceptors (Lipinski definition) is 4. The van der Waals surface area contributed by atoms with E-state index in [1.807, 2.05) is 36.5 Å². The van der Waals surface area contributed by atoms with Crippen LogP contribution in [0, 0.1) is 17.2 Å². The molecule has 0 saturated heterocycles. The molecule has 2 heterocycles. The second kappa shape index (κ2) is 6.62. The van der Waals surface area contributed by atoms with Crippen molar-refractivity contribution in [3.05, 3.63) is 54.5 Å². The number of rotatable bonds is 5. The van der Waals surface area contributed by atoms with Crippen LogP contribution in [-0.4, -0.2) is 19.7 Å². The number of nitriles is 1. The lowest BCUT2D eigenvalue weighted by molar-refractivity contribution is 0.185. The number of hydrogen-bond donors (Lipinski definition) is 0. The molecule has 2 aliphatic carbocycles. The number of fused-ring (bicyclic) bond motifs is 1. The number of benzene rings is 1. The van der Waals surface area contributed by atoms with Crippen molar-refractivity contribution in [1.29, 1.82) is 5.26 Å². The van der Waals surface area contributed by atoms with Gasteiger partial charge in [-0.1, -0.05) is 18.2 Å². The van der Waals surface area contributed by atoms with Crippen LogP contribution in [0.2, 0.25) is 0 Å². The summed E-state index contributed by atoms with van der Waals surface area (Å²) in [5, 5.41) is 13.6. The summed E-state index contributed by atoms with van der Waals surface area (Å²) < 4.78 is 2.16. The predicted molar refractivity (Wildman–Crippen MR) is 104 cm³/mol. The molecule has 2 aliphatic rings. The molecule has 2 saturated carbocycles. The van der Waals surface area contributed by atoms with Crippen molar-refractivity contribution in [2.45, 2.75) is 44.1 Å². The van der Waals surface area contributed by atoms with E-state index in [1.165, 1.54) is 18.5 Å². The molecule has 134 valence electrons. The lowest BCUT2D eigenvalue weighted by Crippen LogP contribution is -2.26. The van der Waals surface area contributed by atoms with E-state index in [0.717, 1.165) is 41.6 Å². The largest absolute Gasteiger partial charge is 0.269 e. The molecular weight excluding hydrogens is 334 g/mol. The Morgan fingerprint density at radius 1 is 1.19 bits per heavy atom. The average Bonchev–Trinajstić information content (AvgIpc) is 3.42. The summed E-state index contributed by atoms with van der Waals surface area (Å²) in [6.45, 7) is 0. The predicted octanol–water partition coefficient (Wildman–Crippen LogP) is 4.79. The maximum absolute atomic E-state index is 8.60. The molecule has 3 aromatic rings. The molecule has 5 nitrogen and oxygen atoms in total. The van der Waals surface area contributed by atoms with E-state index in [1.54, 1.807) is 6.08 Å². The van der Waals surface area contributed by atoms with Crippen LogP contribution in [0.4, 0.5) is 0 Å². The fourth-order valence-corrected chi connectivity index (χ4v) is 3.96. The molecule has 0 spiro atoms. The summed E-state index contributed by atoms with van der Waals surface area (Å²) in [6, 6.07) is 10.5. The average molecular weight is 355 g/mol. The van der Waals surface area contributed by atoms with Gasteiger partial charge in [0.25, 0.3) is 0 Å². The SMILES string of the molecule is N#CC=CCC1CC(n2cc(-c3cnc4ccccc4n3)c(C3CC3)n2)C1. The third-order valence-corrected chi connectivity index (χ3v) is 5.70. The van der Waals surface area contributed by atoms with E-state index in [2.05, 4.69) is 21.9 Å². The Labute approximate surface area is 158 Å². The van der Waals surface area contributed by atoms with Crippen LogP contribution in [-0.2, 0) is 0 Å². The highest BCUT2D eigenvalue weighted by atomic mass is 15.3. The molecule has 0 N–H and O–H groups in total. The normalized spacial score (nSPS) is 22.0. The Kier molecular flexibility index (Phi) is 3.97. The first-order valence-electron chi connectivity index (χ1n) is 9.67. The fraction of sp³-hybridized carbons (Fsp3) is 0.364. The van der Waals surface area contributed by atoms with Gasteiger partial charge in [-0.25, -0.2) is 4.98 Å². The van der Waals surface area contributed by atoms with Gasteiger partial charge in [0.2, 0.25) is 0 Å². The van der Waals surface area contributed by atoms with Crippen molar-refractivity contribution in [3.8, 4) is 17.3 Å². The van der Waals surface area contributed by atoms with Gasteiger partial charge in [0, 0.05) is 23.8 Å². The fourth-order valence-electron chi connectivity index (χ4n) is 3.96. The molecule has 1 aromatic carbocycles. The Hall–Kier alpha value is -3.00. The number of allylic oxidation sites excluding steroid dienone is 2. The van der Waals surface area contributed by atoms with Crippen LogP contribution in [0.15, 0.2) is 48.8 Å². The Morgan fingerprint density at radius 2 is 2.00 bits per heavy atom. The van der Waals surface area contributed by atoms with E-state index in [4.69, 9.17) is 15.3 Å². The molecule has 2 fully saturated rings. The molecule has 0 aliphatic heterocycles. The lowest BCUT2D eigenvalue weighted by Gasteiger charge is -2.34. The molecular formula is C22H21N5. The molecule has 0 radical (unpaired) electrons. The summed E-state index contributed by atoms with van der Waals surface area (Å²) in [5.41, 5.74) is 5.11. The first-order chi connectivity index (χ1) is 13.3.